The number of sulfone groups is 1. The molecule has 0 saturated carbocycles. The van der Waals surface area contributed by atoms with E-state index < -0.39 is 27.8 Å². The van der Waals surface area contributed by atoms with Crippen molar-refractivity contribution in [2.45, 2.75) is 31.6 Å². The van der Waals surface area contributed by atoms with E-state index in [-0.39, 0.29) is 41.5 Å². The van der Waals surface area contributed by atoms with Gasteiger partial charge < -0.3 is 14.9 Å². The van der Waals surface area contributed by atoms with Crippen LogP contribution in [0.25, 0.3) is 0 Å². The fourth-order valence-corrected chi connectivity index (χ4v) is 7.33. The molecule has 0 radical (unpaired) electrons. The summed E-state index contributed by atoms with van der Waals surface area (Å²) in [4.78, 5) is 31.9. The topological polar surface area (TPSA) is 111 Å². The van der Waals surface area contributed by atoms with Crippen LogP contribution < -0.4 is 5.32 Å². The third kappa shape index (κ3) is 4.25. The first-order valence-electron chi connectivity index (χ1n) is 9.08. The minimum Gasteiger partial charge on any atom is -0.462 e. The Morgan fingerprint density at radius 2 is 2.17 bits per heavy atom. The van der Waals surface area contributed by atoms with Gasteiger partial charge in [0.05, 0.1) is 32.9 Å². The van der Waals surface area contributed by atoms with Crippen molar-refractivity contribution in [1.29, 1.82) is 0 Å². The average Bonchev–Trinajstić information content (AvgIpc) is 3.38. The van der Waals surface area contributed by atoms with E-state index in [0.29, 0.717) is 20.5 Å². The van der Waals surface area contributed by atoms with E-state index in [9.17, 15) is 18.0 Å². The van der Waals surface area contributed by atoms with Gasteiger partial charge in [-0.05, 0) is 31.0 Å². The number of carbonyl (C=O) groups is 2. The average molecular weight is 489 g/mol. The van der Waals surface area contributed by atoms with Crippen molar-refractivity contribution in [3.05, 3.63) is 37.4 Å². The third-order valence-corrected chi connectivity index (χ3v) is 8.80. The number of fused-ring (bicyclic) bond motifs is 1. The van der Waals surface area contributed by atoms with Gasteiger partial charge in [-0.2, -0.15) is 0 Å². The molecule has 4 heterocycles. The lowest BCUT2D eigenvalue weighted by Gasteiger charge is -2.13. The molecule has 0 fully saturated rings. The van der Waals surface area contributed by atoms with Crippen molar-refractivity contribution in [1.82, 2.24) is 0 Å². The summed E-state index contributed by atoms with van der Waals surface area (Å²) in [5.74, 6) is -1.24. The van der Waals surface area contributed by atoms with Gasteiger partial charge in [-0.25, -0.2) is 13.2 Å². The standard InChI is InChI=1S/C18H17ClN2O6S3/c1-2-26-18(23)15-9-5-6-30(24,25)8-13(9)29-17(15)20-16(22)11-7-10(21-27-11)12-3-4-14(19)28-12/h3-4,11H,2,5-8H2,1H3,(H,20,22). The number of thiophene rings is 2. The van der Waals surface area contributed by atoms with Crippen molar-refractivity contribution < 1.29 is 27.6 Å². The molecule has 1 N–H and O–H groups in total. The summed E-state index contributed by atoms with van der Waals surface area (Å²) in [6, 6.07) is 3.55. The zero-order valence-corrected chi connectivity index (χ0v) is 19.0. The number of ether oxygens (including phenoxy) is 1. The first-order chi connectivity index (χ1) is 14.3. The van der Waals surface area contributed by atoms with Gasteiger partial charge in [0.2, 0.25) is 6.10 Å². The molecule has 160 valence electrons. The number of nitrogens with zero attached hydrogens (tertiary/aromatic N) is 1. The van der Waals surface area contributed by atoms with Gasteiger partial charge in [-0.3, -0.25) is 4.79 Å². The van der Waals surface area contributed by atoms with Gasteiger partial charge in [-0.15, -0.1) is 22.7 Å². The Morgan fingerprint density at radius 1 is 1.37 bits per heavy atom. The smallest absolute Gasteiger partial charge is 0.341 e. The van der Waals surface area contributed by atoms with Crippen molar-refractivity contribution in [3.8, 4) is 0 Å². The lowest BCUT2D eigenvalue weighted by Crippen LogP contribution is -2.28. The summed E-state index contributed by atoms with van der Waals surface area (Å²) >= 11 is 8.37. The number of carbonyl (C=O) groups excluding carboxylic acids is 2. The van der Waals surface area contributed by atoms with Crippen LogP contribution in [-0.4, -0.2) is 44.5 Å². The fraction of sp³-hybridized carbons (Fsp3) is 0.389. The van der Waals surface area contributed by atoms with Gasteiger partial charge in [-0.1, -0.05) is 16.8 Å². The quantitative estimate of drug-likeness (QED) is 0.647. The molecule has 1 amide bonds. The Kier molecular flexibility index (Phi) is 5.88. The SMILES string of the molecule is CCOC(=O)c1c(NC(=O)C2CC(c3ccc(Cl)s3)=NO2)sc2c1CCS(=O)(=O)C2. The Morgan fingerprint density at radius 3 is 2.87 bits per heavy atom. The van der Waals surface area contributed by atoms with Gasteiger partial charge in [0, 0.05) is 11.3 Å². The van der Waals surface area contributed by atoms with Crippen LogP contribution in [0.3, 0.4) is 0 Å². The molecule has 1 atom stereocenters. The van der Waals surface area contributed by atoms with Crippen LogP contribution in [0.2, 0.25) is 4.34 Å². The minimum atomic E-state index is -3.22. The van der Waals surface area contributed by atoms with Crippen molar-refractivity contribution in [3.63, 3.8) is 0 Å². The number of halogens is 1. The molecule has 12 heteroatoms. The van der Waals surface area contributed by atoms with Gasteiger partial charge in [0.25, 0.3) is 5.91 Å². The van der Waals surface area contributed by atoms with Crippen LogP contribution in [0.15, 0.2) is 17.3 Å². The first-order valence-corrected chi connectivity index (χ1v) is 12.9. The van der Waals surface area contributed by atoms with Crippen molar-refractivity contribution in [2.75, 3.05) is 17.7 Å². The normalized spacial score (nSPS) is 19.5. The van der Waals surface area contributed by atoms with E-state index in [1.54, 1.807) is 13.0 Å². The van der Waals surface area contributed by atoms with Crippen LogP contribution in [-0.2, 0) is 36.4 Å². The third-order valence-electron chi connectivity index (χ3n) is 4.64. The highest BCUT2D eigenvalue weighted by molar-refractivity contribution is 7.90. The maximum absolute atomic E-state index is 12.8. The summed E-state index contributed by atoms with van der Waals surface area (Å²) in [5.41, 5.74) is 1.47. The number of rotatable bonds is 5. The maximum atomic E-state index is 12.8. The number of hydrogen-bond acceptors (Lipinski definition) is 9. The van der Waals surface area contributed by atoms with Crippen molar-refractivity contribution in [2.24, 2.45) is 5.16 Å². The highest BCUT2D eigenvalue weighted by Crippen LogP contribution is 2.39. The summed E-state index contributed by atoms with van der Waals surface area (Å²) < 4.78 is 29.7. The zero-order valence-electron chi connectivity index (χ0n) is 15.8. The fourth-order valence-electron chi connectivity index (χ4n) is 3.26. The van der Waals surface area contributed by atoms with Gasteiger partial charge in [0.1, 0.15) is 10.7 Å². The molecule has 2 aliphatic heterocycles. The molecule has 0 aliphatic carbocycles. The molecule has 2 aromatic rings. The van der Waals surface area contributed by atoms with Crippen LogP contribution in [0.4, 0.5) is 5.00 Å². The molecular formula is C18H17ClN2O6S3. The molecule has 0 bridgehead atoms. The second-order valence-corrected chi connectivity index (χ2v) is 11.7. The Balaban J connectivity index is 1.55. The summed E-state index contributed by atoms with van der Waals surface area (Å²) in [7, 11) is -3.22. The Hall–Kier alpha value is -1.95. The predicted octanol–water partition coefficient (Wildman–Crippen LogP) is 3.24. The molecule has 8 nitrogen and oxygen atoms in total. The van der Waals surface area contributed by atoms with E-state index in [0.717, 1.165) is 16.2 Å². The van der Waals surface area contributed by atoms with E-state index in [1.807, 2.05) is 6.07 Å². The number of oxime groups is 1. The highest BCUT2D eigenvalue weighted by Gasteiger charge is 2.35. The maximum Gasteiger partial charge on any atom is 0.341 e. The van der Waals surface area contributed by atoms with E-state index in [4.69, 9.17) is 21.2 Å². The molecule has 1 unspecified atom stereocenters. The highest BCUT2D eigenvalue weighted by atomic mass is 35.5. The van der Waals surface area contributed by atoms with Crippen LogP contribution in [0.1, 0.15) is 39.0 Å². The molecule has 0 saturated heterocycles. The first kappa shape index (κ1) is 21.3. The Bertz CT molecular complexity index is 1150. The van der Waals surface area contributed by atoms with Gasteiger partial charge >= 0.3 is 5.97 Å². The monoisotopic (exact) mass is 488 g/mol. The molecule has 30 heavy (non-hydrogen) atoms. The summed E-state index contributed by atoms with van der Waals surface area (Å²) in [5, 5.41) is 6.97. The lowest BCUT2D eigenvalue weighted by molar-refractivity contribution is -0.125. The molecule has 0 spiro atoms. The molecular weight excluding hydrogens is 472 g/mol. The predicted molar refractivity (Wildman–Crippen MR) is 115 cm³/mol. The number of nitrogens with one attached hydrogen (secondary N) is 1. The second-order valence-electron chi connectivity index (χ2n) is 6.70. The van der Waals surface area contributed by atoms with Crippen LogP contribution in [0.5, 0.6) is 0 Å². The number of hydrogen-bond donors (Lipinski definition) is 1. The van der Waals surface area contributed by atoms with E-state index in [2.05, 4.69) is 10.5 Å². The van der Waals surface area contributed by atoms with Gasteiger partial charge in [0.15, 0.2) is 9.84 Å². The molecule has 4 rings (SSSR count). The van der Waals surface area contributed by atoms with Crippen LogP contribution in [0, 0.1) is 0 Å². The lowest BCUT2D eigenvalue weighted by atomic mass is 10.1. The molecule has 2 aromatic heterocycles. The Labute approximate surface area is 185 Å². The van der Waals surface area contributed by atoms with Crippen molar-refractivity contribution >= 4 is 66.7 Å². The summed E-state index contributed by atoms with van der Waals surface area (Å²) in [6.45, 7) is 1.85. The second kappa shape index (κ2) is 8.29. The zero-order chi connectivity index (χ0) is 21.5. The van der Waals surface area contributed by atoms with Crippen LogP contribution >= 0.6 is 34.3 Å². The van der Waals surface area contributed by atoms with E-state index >= 15 is 0 Å². The largest absolute Gasteiger partial charge is 0.462 e. The number of amides is 1. The number of anilines is 1. The molecule has 2 aliphatic rings. The minimum absolute atomic E-state index is 0.0389. The number of esters is 1. The van der Waals surface area contributed by atoms with E-state index in [1.165, 1.54) is 11.3 Å². The summed E-state index contributed by atoms with van der Waals surface area (Å²) in [6.07, 6.45) is -0.389. The molecule has 0 aromatic carbocycles.